The van der Waals surface area contributed by atoms with Gasteiger partial charge >= 0.3 is 6.09 Å². The largest absolute Gasteiger partial charge is 0.444 e. The second-order valence-corrected chi connectivity index (χ2v) is 6.10. The summed E-state index contributed by atoms with van der Waals surface area (Å²) in [4.78, 5) is 13.6. The number of rotatable bonds is 0. The van der Waals surface area contributed by atoms with Gasteiger partial charge in [-0.2, -0.15) is 0 Å². The summed E-state index contributed by atoms with van der Waals surface area (Å²) >= 11 is 0. The minimum absolute atomic E-state index is 0.235. The molecule has 94 valence electrons. The van der Waals surface area contributed by atoms with E-state index in [1.807, 2.05) is 34.6 Å². The second kappa shape index (κ2) is 4.24. The quantitative estimate of drug-likeness (QED) is 0.692. The first kappa shape index (κ1) is 13.3. The molecule has 0 aromatic heterocycles. The fourth-order valence-electron chi connectivity index (χ4n) is 1.84. The molecular formula is C12H23NO3. The molecule has 1 saturated heterocycles. The summed E-state index contributed by atoms with van der Waals surface area (Å²) in [5.41, 5.74) is -0.725. The Morgan fingerprint density at radius 1 is 1.44 bits per heavy atom. The molecule has 1 rings (SSSR count). The zero-order chi connectivity index (χ0) is 12.6. The van der Waals surface area contributed by atoms with Crippen LogP contribution in [-0.4, -0.2) is 39.9 Å². The number of ether oxygens (including phenoxy) is 1. The molecule has 1 N–H and O–H groups in total. The summed E-state index contributed by atoms with van der Waals surface area (Å²) in [5.74, 6) is 0. The third-order valence-corrected chi connectivity index (χ3v) is 2.83. The Balaban J connectivity index is 2.72. The molecule has 1 fully saturated rings. The highest BCUT2D eigenvalue weighted by atomic mass is 16.6. The van der Waals surface area contributed by atoms with Crippen LogP contribution in [0.3, 0.4) is 0 Å². The van der Waals surface area contributed by atoms with E-state index < -0.39 is 11.7 Å². The Bertz CT molecular complexity index is 268. The number of likely N-dealkylation sites (tertiary alicyclic amines) is 1. The number of aliphatic hydroxyl groups is 1. The minimum atomic E-state index is -0.491. The van der Waals surface area contributed by atoms with Gasteiger partial charge in [0.2, 0.25) is 0 Å². The molecule has 0 bridgehead atoms. The van der Waals surface area contributed by atoms with Crippen LogP contribution in [0.4, 0.5) is 4.79 Å². The summed E-state index contributed by atoms with van der Waals surface area (Å²) in [6, 6.07) is 0. The predicted octanol–water partition coefficient (Wildman–Crippen LogP) is 2.16. The van der Waals surface area contributed by atoms with Crippen LogP contribution in [0.25, 0.3) is 0 Å². The van der Waals surface area contributed by atoms with Gasteiger partial charge in [0.05, 0.1) is 12.6 Å². The van der Waals surface area contributed by atoms with Gasteiger partial charge in [0.25, 0.3) is 0 Å². The number of aliphatic hydroxyl groups excluding tert-OH is 1. The van der Waals surface area contributed by atoms with E-state index in [4.69, 9.17) is 4.74 Å². The van der Waals surface area contributed by atoms with E-state index in [2.05, 4.69) is 0 Å². The predicted molar refractivity (Wildman–Crippen MR) is 62.3 cm³/mol. The molecular weight excluding hydrogens is 206 g/mol. The first-order valence-electron chi connectivity index (χ1n) is 5.80. The zero-order valence-corrected chi connectivity index (χ0v) is 10.9. The third-order valence-electron chi connectivity index (χ3n) is 2.83. The molecule has 16 heavy (non-hydrogen) atoms. The summed E-state index contributed by atoms with van der Waals surface area (Å²) in [6.07, 6.45) is 0.775. The lowest BCUT2D eigenvalue weighted by molar-refractivity contribution is -0.0339. The van der Waals surface area contributed by atoms with E-state index in [0.717, 1.165) is 12.8 Å². The summed E-state index contributed by atoms with van der Waals surface area (Å²) in [7, 11) is 0. The van der Waals surface area contributed by atoms with Crippen molar-refractivity contribution in [2.24, 2.45) is 0 Å². The van der Waals surface area contributed by atoms with E-state index in [1.165, 1.54) is 0 Å². The van der Waals surface area contributed by atoms with Crippen molar-refractivity contribution < 1.29 is 14.6 Å². The molecule has 1 atom stereocenters. The average molecular weight is 229 g/mol. The van der Waals surface area contributed by atoms with E-state index in [1.54, 1.807) is 4.90 Å². The number of hydrogen-bond donors (Lipinski definition) is 1. The lowest BCUT2D eigenvalue weighted by Crippen LogP contribution is -2.55. The maximum absolute atomic E-state index is 12.0. The molecule has 1 amide bonds. The van der Waals surface area contributed by atoms with Crippen LogP contribution in [0.15, 0.2) is 0 Å². The second-order valence-electron chi connectivity index (χ2n) is 6.10. The van der Waals surface area contributed by atoms with Crippen LogP contribution in [0, 0.1) is 0 Å². The van der Waals surface area contributed by atoms with Crippen molar-refractivity contribution in [2.75, 3.05) is 6.54 Å². The fourth-order valence-corrected chi connectivity index (χ4v) is 1.84. The summed E-state index contributed by atoms with van der Waals surface area (Å²) in [6.45, 7) is 9.91. The lowest BCUT2D eigenvalue weighted by Gasteiger charge is -2.44. The highest BCUT2D eigenvalue weighted by molar-refractivity contribution is 5.69. The third kappa shape index (κ3) is 3.37. The molecule has 1 aliphatic heterocycles. The van der Waals surface area contributed by atoms with Crippen molar-refractivity contribution in [3.63, 3.8) is 0 Å². The van der Waals surface area contributed by atoms with Gasteiger partial charge in [-0.3, -0.25) is 0 Å². The molecule has 1 aliphatic rings. The van der Waals surface area contributed by atoms with E-state index in [9.17, 15) is 9.90 Å². The monoisotopic (exact) mass is 229 g/mol. The van der Waals surface area contributed by atoms with Gasteiger partial charge in [-0.15, -0.1) is 0 Å². The highest BCUT2D eigenvalue weighted by Crippen LogP contribution is 2.29. The smallest absolute Gasteiger partial charge is 0.410 e. The van der Waals surface area contributed by atoms with Crippen LogP contribution in [0.1, 0.15) is 47.5 Å². The number of piperidine rings is 1. The van der Waals surface area contributed by atoms with Gasteiger partial charge in [0.1, 0.15) is 5.60 Å². The van der Waals surface area contributed by atoms with E-state index in [-0.39, 0.29) is 11.6 Å². The topological polar surface area (TPSA) is 49.8 Å². The van der Waals surface area contributed by atoms with Crippen molar-refractivity contribution in [2.45, 2.75) is 64.7 Å². The average Bonchev–Trinajstić information content (AvgIpc) is 2.06. The Morgan fingerprint density at radius 3 is 2.50 bits per heavy atom. The minimum Gasteiger partial charge on any atom is -0.444 e. The molecule has 0 saturated carbocycles. The zero-order valence-electron chi connectivity index (χ0n) is 10.9. The van der Waals surface area contributed by atoms with Crippen molar-refractivity contribution in [3.8, 4) is 0 Å². The molecule has 0 aromatic rings. The number of nitrogens with zero attached hydrogens (tertiary/aromatic N) is 1. The Kier molecular flexibility index (Phi) is 3.53. The maximum Gasteiger partial charge on any atom is 0.410 e. The van der Waals surface area contributed by atoms with E-state index in [0.29, 0.717) is 6.54 Å². The summed E-state index contributed by atoms with van der Waals surface area (Å²) < 4.78 is 5.34. The SMILES string of the molecule is CC(C)(C)OC(=O)N1CC(O)CCC1(C)C. The van der Waals surface area contributed by atoms with Crippen molar-refractivity contribution in [3.05, 3.63) is 0 Å². The van der Waals surface area contributed by atoms with Gasteiger partial charge < -0.3 is 14.7 Å². The molecule has 4 nitrogen and oxygen atoms in total. The van der Waals surface area contributed by atoms with Crippen LogP contribution in [-0.2, 0) is 4.74 Å². The maximum atomic E-state index is 12.0. The first-order chi connectivity index (χ1) is 7.12. The Morgan fingerprint density at radius 2 is 2.00 bits per heavy atom. The van der Waals surface area contributed by atoms with Crippen LogP contribution >= 0.6 is 0 Å². The molecule has 0 spiro atoms. The van der Waals surface area contributed by atoms with E-state index >= 15 is 0 Å². The standard InChI is InChI=1S/C12H23NO3/c1-11(2,3)16-10(15)13-8-9(14)6-7-12(13,4)5/h9,14H,6-8H2,1-5H3. The number of carbonyl (C=O) groups excluding carboxylic acids is 1. The lowest BCUT2D eigenvalue weighted by atomic mass is 9.89. The Labute approximate surface area is 97.6 Å². The molecule has 0 aromatic carbocycles. The number of carbonyl (C=O) groups is 1. The molecule has 0 radical (unpaired) electrons. The first-order valence-corrected chi connectivity index (χ1v) is 5.80. The normalized spacial score (nSPS) is 25.4. The fraction of sp³-hybridized carbons (Fsp3) is 0.917. The molecule has 4 heteroatoms. The van der Waals surface area contributed by atoms with Crippen LogP contribution in [0.2, 0.25) is 0 Å². The van der Waals surface area contributed by atoms with Gasteiger partial charge in [0.15, 0.2) is 0 Å². The number of β-amino-alcohol motifs (C(OH)–C–C–N with tert-alkyl or cyclic N) is 1. The summed E-state index contributed by atoms with van der Waals surface area (Å²) in [5, 5.41) is 9.61. The van der Waals surface area contributed by atoms with Crippen LogP contribution < -0.4 is 0 Å². The van der Waals surface area contributed by atoms with Crippen molar-refractivity contribution in [1.82, 2.24) is 4.90 Å². The van der Waals surface area contributed by atoms with Crippen molar-refractivity contribution in [1.29, 1.82) is 0 Å². The molecule has 1 heterocycles. The van der Waals surface area contributed by atoms with Gasteiger partial charge in [-0.25, -0.2) is 4.79 Å². The van der Waals surface area contributed by atoms with Gasteiger partial charge in [-0.05, 0) is 47.5 Å². The highest BCUT2D eigenvalue weighted by Gasteiger charge is 2.38. The number of hydrogen-bond acceptors (Lipinski definition) is 3. The molecule has 0 aliphatic carbocycles. The molecule has 1 unspecified atom stereocenters. The Hall–Kier alpha value is -0.770. The van der Waals surface area contributed by atoms with Gasteiger partial charge in [0, 0.05) is 5.54 Å². The van der Waals surface area contributed by atoms with Crippen LogP contribution in [0.5, 0.6) is 0 Å². The number of amides is 1. The van der Waals surface area contributed by atoms with Crippen molar-refractivity contribution >= 4 is 6.09 Å². The van der Waals surface area contributed by atoms with Gasteiger partial charge in [-0.1, -0.05) is 0 Å².